The summed E-state index contributed by atoms with van der Waals surface area (Å²) in [6.07, 6.45) is 3.45. The third-order valence-corrected chi connectivity index (χ3v) is 0.749. The number of pyridine rings is 1. The molecule has 1 rings (SSSR count). The van der Waals surface area contributed by atoms with Crippen LogP contribution >= 0.6 is 0 Å². The molecule has 0 saturated heterocycles. The van der Waals surface area contributed by atoms with Crippen molar-refractivity contribution < 1.29 is 12.4 Å². The van der Waals surface area contributed by atoms with Gasteiger partial charge in [-0.05, 0) is 12.4 Å². The SMILES string of the molecule is [CH2-]c1ccncc1.[Cl-].[Mg+2]. The van der Waals surface area contributed by atoms with Gasteiger partial charge in [0.15, 0.2) is 0 Å². The molecule has 0 atom stereocenters. The predicted molar refractivity (Wildman–Crippen MR) is 34.5 cm³/mol. The van der Waals surface area contributed by atoms with Crippen molar-refractivity contribution in [3.8, 4) is 0 Å². The van der Waals surface area contributed by atoms with E-state index in [1.54, 1.807) is 12.4 Å². The third-order valence-electron chi connectivity index (χ3n) is 0.749. The van der Waals surface area contributed by atoms with E-state index in [2.05, 4.69) is 11.9 Å². The van der Waals surface area contributed by atoms with E-state index in [1.807, 2.05) is 12.1 Å². The molecule has 3 heteroatoms. The van der Waals surface area contributed by atoms with Crippen molar-refractivity contribution >= 4 is 23.1 Å². The van der Waals surface area contributed by atoms with Gasteiger partial charge in [0.2, 0.25) is 0 Å². The summed E-state index contributed by atoms with van der Waals surface area (Å²) >= 11 is 0. The van der Waals surface area contributed by atoms with E-state index in [4.69, 9.17) is 0 Å². The molecule has 0 spiro atoms. The van der Waals surface area contributed by atoms with E-state index in [1.165, 1.54) is 0 Å². The van der Waals surface area contributed by atoms with Crippen LogP contribution in [-0.4, -0.2) is 28.0 Å². The van der Waals surface area contributed by atoms with Gasteiger partial charge in [0.1, 0.15) is 0 Å². The summed E-state index contributed by atoms with van der Waals surface area (Å²) in [5, 5.41) is 0. The zero-order chi connectivity index (χ0) is 5.11. The second kappa shape index (κ2) is 6.20. The summed E-state index contributed by atoms with van der Waals surface area (Å²) in [6.45, 7) is 3.68. The average Bonchev–Trinajstić information content (AvgIpc) is 1.69. The molecule has 0 amide bonds. The average molecular weight is 152 g/mol. The fourth-order valence-corrected chi connectivity index (χ4v) is 0.383. The molecule has 1 heterocycles. The standard InChI is InChI=1S/C6H6N.ClH.Mg/c1-6-2-4-7-5-3-6;;/h2-5H,1H2;1H;/q-1;;+2/p-1. The second-order valence-electron chi connectivity index (χ2n) is 1.36. The molecule has 0 N–H and O–H groups in total. The number of nitrogens with zero attached hydrogens (tertiary/aromatic N) is 1. The van der Waals surface area contributed by atoms with Gasteiger partial charge in [-0.3, -0.25) is 4.98 Å². The zero-order valence-electron chi connectivity index (χ0n) is 5.05. The summed E-state index contributed by atoms with van der Waals surface area (Å²) in [4.78, 5) is 3.81. The molecule has 9 heavy (non-hydrogen) atoms. The van der Waals surface area contributed by atoms with Crippen molar-refractivity contribution in [3.05, 3.63) is 37.0 Å². The molecule has 0 aliphatic rings. The maximum Gasteiger partial charge on any atom is 2.00 e. The fraction of sp³-hybridized carbons (Fsp3) is 0. The largest absolute Gasteiger partial charge is 2.00 e. The van der Waals surface area contributed by atoms with Crippen LogP contribution in [-0.2, 0) is 0 Å². The van der Waals surface area contributed by atoms with Crippen LogP contribution in [0, 0.1) is 6.92 Å². The number of aromatic nitrogens is 1. The third kappa shape index (κ3) is 4.57. The molecule has 1 aromatic rings. The first-order chi connectivity index (χ1) is 3.39. The van der Waals surface area contributed by atoms with Crippen molar-refractivity contribution in [2.24, 2.45) is 0 Å². The van der Waals surface area contributed by atoms with E-state index in [0.29, 0.717) is 0 Å². The van der Waals surface area contributed by atoms with Gasteiger partial charge in [-0.25, -0.2) is 0 Å². The monoisotopic (exact) mass is 151 g/mol. The smallest absolute Gasteiger partial charge is 1.00 e. The minimum Gasteiger partial charge on any atom is -1.00 e. The molecule has 1 nitrogen and oxygen atoms in total. The maximum absolute atomic E-state index is 3.81. The van der Waals surface area contributed by atoms with E-state index in [-0.39, 0.29) is 35.5 Å². The number of hydrogen-bond acceptors (Lipinski definition) is 1. The van der Waals surface area contributed by atoms with Crippen LogP contribution in [0.3, 0.4) is 0 Å². The van der Waals surface area contributed by atoms with Crippen LogP contribution in [0.1, 0.15) is 5.56 Å². The molecule has 0 bridgehead atoms. The molecular formula is C6H6ClMgN. The molecule has 0 aromatic carbocycles. The van der Waals surface area contributed by atoms with Crippen molar-refractivity contribution in [3.63, 3.8) is 0 Å². The quantitative estimate of drug-likeness (QED) is 0.306. The van der Waals surface area contributed by atoms with E-state index in [0.717, 1.165) is 5.56 Å². The molecule has 0 aliphatic carbocycles. The van der Waals surface area contributed by atoms with Crippen LogP contribution in [0.5, 0.6) is 0 Å². The van der Waals surface area contributed by atoms with E-state index < -0.39 is 0 Å². The molecule has 44 valence electrons. The van der Waals surface area contributed by atoms with Crippen LogP contribution in [0.25, 0.3) is 0 Å². The van der Waals surface area contributed by atoms with Gasteiger partial charge in [-0.2, -0.15) is 12.5 Å². The van der Waals surface area contributed by atoms with Gasteiger partial charge >= 0.3 is 23.1 Å². The summed E-state index contributed by atoms with van der Waals surface area (Å²) in [7, 11) is 0. The number of rotatable bonds is 0. The van der Waals surface area contributed by atoms with Crippen LogP contribution in [0.4, 0.5) is 0 Å². The molecule has 0 saturated carbocycles. The van der Waals surface area contributed by atoms with Crippen molar-refractivity contribution in [2.75, 3.05) is 0 Å². The van der Waals surface area contributed by atoms with Crippen LogP contribution < -0.4 is 12.4 Å². The summed E-state index contributed by atoms with van der Waals surface area (Å²) in [5.41, 5.74) is 1.01. The first-order valence-corrected chi connectivity index (χ1v) is 2.11. The van der Waals surface area contributed by atoms with Crippen molar-refractivity contribution in [1.82, 2.24) is 4.98 Å². The summed E-state index contributed by atoms with van der Waals surface area (Å²) in [5.74, 6) is 0. The Morgan fingerprint density at radius 2 is 1.67 bits per heavy atom. The Kier molecular flexibility index (Phi) is 8.14. The molecule has 0 unspecified atom stereocenters. The second-order valence-corrected chi connectivity index (χ2v) is 1.36. The summed E-state index contributed by atoms with van der Waals surface area (Å²) < 4.78 is 0. The van der Waals surface area contributed by atoms with Gasteiger partial charge in [0.25, 0.3) is 0 Å². The Labute approximate surface area is 77.4 Å². The molecular weight excluding hydrogens is 146 g/mol. The first kappa shape index (κ1) is 11.8. The fourth-order valence-electron chi connectivity index (χ4n) is 0.383. The Morgan fingerprint density at radius 3 is 1.89 bits per heavy atom. The van der Waals surface area contributed by atoms with Crippen LogP contribution in [0.15, 0.2) is 24.5 Å². The minimum atomic E-state index is 0. The topological polar surface area (TPSA) is 12.9 Å². The normalized spacial score (nSPS) is 6.67. The van der Waals surface area contributed by atoms with Gasteiger partial charge in [-0.15, -0.1) is 12.1 Å². The van der Waals surface area contributed by atoms with Gasteiger partial charge in [-0.1, -0.05) is 0 Å². The minimum absolute atomic E-state index is 0. The Bertz CT molecular complexity index is 143. The van der Waals surface area contributed by atoms with Crippen molar-refractivity contribution in [1.29, 1.82) is 0 Å². The molecule has 0 aliphatic heterocycles. The predicted octanol–water partition coefficient (Wildman–Crippen LogP) is -2.11. The van der Waals surface area contributed by atoms with E-state index in [9.17, 15) is 0 Å². The molecule has 1 aromatic heterocycles. The number of halogens is 1. The van der Waals surface area contributed by atoms with Gasteiger partial charge < -0.3 is 12.4 Å². The van der Waals surface area contributed by atoms with Crippen molar-refractivity contribution in [2.45, 2.75) is 0 Å². The Hall–Kier alpha value is 0.0762. The first-order valence-electron chi connectivity index (χ1n) is 2.11. The maximum atomic E-state index is 3.81. The van der Waals surface area contributed by atoms with E-state index >= 15 is 0 Å². The number of hydrogen-bond donors (Lipinski definition) is 0. The summed E-state index contributed by atoms with van der Waals surface area (Å²) in [6, 6.07) is 3.72. The van der Waals surface area contributed by atoms with Gasteiger partial charge in [0, 0.05) is 0 Å². The molecule has 0 fully saturated rings. The van der Waals surface area contributed by atoms with Gasteiger partial charge in [0.05, 0.1) is 0 Å². The van der Waals surface area contributed by atoms with Crippen LogP contribution in [0.2, 0.25) is 0 Å². The molecule has 0 radical (unpaired) electrons. The Morgan fingerprint density at radius 1 is 1.22 bits per heavy atom. The Balaban J connectivity index is 0. The zero-order valence-corrected chi connectivity index (χ0v) is 7.22.